The van der Waals surface area contributed by atoms with Crippen LogP contribution in [0.25, 0.3) is 0 Å². The van der Waals surface area contributed by atoms with Crippen LogP contribution in [0, 0.1) is 12.8 Å². The maximum Gasteiger partial charge on any atom is 0.242 e. The van der Waals surface area contributed by atoms with Crippen LogP contribution in [0.15, 0.2) is 59.5 Å². The summed E-state index contributed by atoms with van der Waals surface area (Å²) in [5.41, 5.74) is 2.18. The smallest absolute Gasteiger partial charge is 0.242 e. The first-order valence-corrected chi connectivity index (χ1v) is 10.7. The van der Waals surface area contributed by atoms with Gasteiger partial charge in [-0.05, 0) is 43.0 Å². The number of benzene rings is 2. The van der Waals surface area contributed by atoms with Gasteiger partial charge in [-0.3, -0.25) is 9.59 Å². The molecule has 2 rings (SSSR count). The summed E-state index contributed by atoms with van der Waals surface area (Å²) >= 11 is 1.50. The van der Waals surface area contributed by atoms with Gasteiger partial charge in [0.15, 0.2) is 0 Å². The highest BCUT2D eigenvalue weighted by Crippen LogP contribution is 2.20. The Kier molecular flexibility index (Phi) is 8.58. The number of hydrogen-bond acceptors (Lipinski definition) is 3. The lowest BCUT2D eigenvalue weighted by Gasteiger charge is -2.29. The van der Waals surface area contributed by atoms with Gasteiger partial charge in [-0.25, -0.2) is 0 Å². The number of hydrogen-bond donors (Lipinski definition) is 1. The van der Waals surface area contributed by atoms with E-state index in [4.69, 9.17) is 0 Å². The zero-order valence-electron chi connectivity index (χ0n) is 17.1. The number of carbonyl (C=O) groups excluding carboxylic acids is 2. The van der Waals surface area contributed by atoms with Crippen LogP contribution < -0.4 is 5.32 Å². The molecule has 150 valence electrons. The summed E-state index contributed by atoms with van der Waals surface area (Å²) in [6.45, 7) is 8.97. The summed E-state index contributed by atoms with van der Waals surface area (Å²) in [5, 5.41) is 2.95. The second-order valence-corrected chi connectivity index (χ2v) is 8.41. The maximum absolute atomic E-state index is 13.0. The van der Waals surface area contributed by atoms with Gasteiger partial charge in [-0.15, -0.1) is 11.8 Å². The van der Waals surface area contributed by atoms with E-state index in [0.717, 1.165) is 16.0 Å². The van der Waals surface area contributed by atoms with Crippen molar-refractivity contribution in [3.63, 3.8) is 0 Å². The summed E-state index contributed by atoms with van der Waals surface area (Å²) in [6.07, 6.45) is 0. The fraction of sp³-hybridized carbons (Fsp3) is 0.391. The van der Waals surface area contributed by atoms with Crippen molar-refractivity contribution in [1.29, 1.82) is 0 Å². The van der Waals surface area contributed by atoms with Crippen molar-refractivity contribution in [3.8, 4) is 0 Å². The Morgan fingerprint density at radius 3 is 2.29 bits per heavy atom. The standard InChI is InChI=1S/C23H30N2O2S/c1-17(2)14-24-23(27)19(4)25(15-20-11-9-8-10-18(20)3)22(26)16-28-21-12-6-5-7-13-21/h5-13,17,19H,14-16H2,1-4H3,(H,24,27). The molecule has 0 aliphatic carbocycles. The molecule has 5 heteroatoms. The summed E-state index contributed by atoms with van der Waals surface area (Å²) < 4.78 is 0. The molecular weight excluding hydrogens is 368 g/mol. The van der Waals surface area contributed by atoms with E-state index in [9.17, 15) is 9.59 Å². The number of nitrogens with zero attached hydrogens (tertiary/aromatic N) is 1. The second kappa shape index (κ2) is 10.9. The summed E-state index contributed by atoms with van der Waals surface area (Å²) in [6, 6.07) is 17.3. The molecule has 0 aliphatic rings. The van der Waals surface area contributed by atoms with Crippen molar-refractivity contribution < 1.29 is 9.59 Å². The van der Waals surface area contributed by atoms with Crippen LogP contribution in [-0.2, 0) is 16.1 Å². The van der Waals surface area contributed by atoms with Gasteiger partial charge >= 0.3 is 0 Å². The van der Waals surface area contributed by atoms with Crippen molar-refractivity contribution in [2.45, 2.75) is 45.2 Å². The number of rotatable bonds is 9. The van der Waals surface area contributed by atoms with Crippen LogP contribution >= 0.6 is 11.8 Å². The van der Waals surface area contributed by atoms with Gasteiger partial charge in [-0.1, -0.05) is 56.3 Å². The van der Waals surface area contributed by atoms with Crippen LogP contribution in [-0.4, -0.2) is 35.1 Å². The Labute approximate surface area is 172 Å². The molecule has 0 saturated carbocycles. The third-order valence-electron chi connectivity index (χ3n) is 4.56. The second-order valence-electron chi connectivity index (χ2n) is 7.36. The first kappa shape index (κ1) is 22.0. The third kappa shape index (κ3) is 6.71. The van der Waals surface area contributed by atoms with E-state index < -0.39 is 6.04 Å². The predicted molar refractivity (Wildman–Crippen MR) is 116 cm³/mol. The van der Waals surface area contributed by atoms with Crippen molar-refractivity contribution in [2.24, 2.45) is 5.92 Å². The zero-order chi connectivity index (χ0) is 20.5. The quantitative estimate of drug-likeness (QED) is 0.642. The number of thioether (sulfide) groups is 1. The van der Waals surface area contributed by atoms with Gasteiger partial charge in [0.1, 0.15) is 6.04 Å². The van der Waals surface area contributed by atoms with Crippen LogP contribution in [0.5, 0.6) is 0 Å². The predicted octanol–water partition coefficient (Wildman–Crippen LogP) is 4.28. The van der Waals surface area contributed by atoms with E-state index in [1.165, 1.54) is 11.8 Å². The molecule has 2 aromatic carbocycles. The Morgan fingerprint density at radius 1 is 1.00 bits per heavy atom. The zero-order valence-corrected chi connectivity index (χ0v) is 18.0. The molecule has 0 fully saturated rings. The molecule has 0 bridgehead atoms. The lowest BCUT2D eigenvalue weighted by molar-refractivity contribution is -0.138. The minimum atomic E-state index is -0.526. The highest BCUT2D eigenvalue weighted by molar-refractivity contribution is 8.00. The molecule has 0 aromatic heterocycles. The number of nitrogens with one attached hydrogen (secondary N) is 1. The average Bonchev–Trinajstić information content (AvgIpc) is 2.69. The Balaban J connectivity index is 2.13. The minimum Gasteiger partial charge on any atom is -0.354 e. The highest BCUT2D eigenvalue weighted by Gasteiger charge is 2.26. The number of aryl methyl sites for hydroxylation is 1. The number of amides is 2. The Hall–Kier alpha value is -2.27. The van der Waals surface area contributed by atoms with Gasteiger partial charge in [0.05, 0.1) is 5.75 Å². The van der Waals surface area contributed by atoms with E-state index in [-0.39, 0.29) is 11.8 Å². The lowest BCUT2D eigenvalue weighted by Crippen LogP contribution is -2.48. The SMILES string of the molecule is Cc1ccccc1CN(C(=O)CSc1ccccc1)C(C)C(=O)NCC(C)C. The molecule has 2 amide bonds. The monoisotopic (exact) mass is 398 g/mol. The van der Waals surface area contributed by atoms with Gasteiger partial charge in [-0.2, -0.15) is 0 Å². The molecule has 1 N–H and O–H groups in total. The van der Waals surface area contributed by atoms with Crippen molar-refractivity contribution >= 4 is 23.6 Å². The number of carbonyl (C=O) groups is 2. The topological polar surface area (TPSA) is 49.4 Å². The van der Waals surface area contributed by atoms with E-state index >= 15 is 0 Å². The molecule has 0 heterocycles. The van der Waals surface area contributed by atoms with E-state index in [0.29, 0.717) is 24.8 Å². The van der Waals surface area contributed by atoms with Crippen LogP contribution in [0.2, 0.25) is 0 Å². The van der Waals surface area contributed by atoms with E-state index in [1.807, 2.05) is 61.5 Å². The maximum atomic E-state index is 13.0. The van der Waals surface area contributed by atoms with E-state index in [1.54, 1.807) is 11.8 Å². The average molecular weight is 399 g/mol. The molecule has 0 radical (unpaired) electrons. The van der Waals surface area contributed by atoms with Gasteiger partial charge in [0, 0.05) is 18.0 Å². The molecule has 0 aliphatic heterocycles. The molecule has 2 aromatic rings. The van der Waals surface area contributed by atoms with Gasteiger partial charge in [0.2, 0.25) is 11.8 Å². The molecule has 0 saturated heterocycles. The normalized spacial score (nSPS) is 11.9. The van der Waals surface area contributed by atoms with Gasteiger partial charge < -0.3 is 10.2 Å². The Morgan fingerprint density at radius 2 is 1.64 bits per heavy atom. The third-order valence-corrected chi connectivity index (χ3v) is 5.56. The van der Waals surface area contributed by atoms with E-state index in [2.05, 4.69) is 19.2 Å². The largest absolute Gasteiger partial charge is 0.354 e. The molecule has 1 unspecified atom stereocenters. The fourth-order valence-electron chi connectivity index (χ4n) is 2.75. The summed E-state index contributed by atoms with van der Waals surface area (Å²) in [7, 11) is 0. The first-order chi connectivity index (χ1) is 13.4. The van der Waals surface area contributed by atoms with Crippen molar-refractivity contribution in [2.75, 3.05) is 12.3 Å². The minimum absolute atomic E-state index is 0.0377. The Bertz CT molecular complexity index is 777. The summed E-state index contributed by atoms with van der Waals surface area (Å²) in [5.74, 6) is 0.521. The lowest BCUT2D eigenvalue weighted by atomic mass is 10.1. The van der Waals surface area contributed by atoms with Gasteiger partial charge in [0.25, 0.3) is 0 Å². The molecule has 28 heavy (non-hydrogen) atoms. The van der Waals surface area contributed by atoms with Crippen molar-refractivity contribution in [3.05, 3.63) is 65.7 Å². The molecule has 1 atom stereocenters. The summed E-state index contributed by atoms with van der Waals surface area (Å²) in [4.78, 5) is 28.4. The molecular formula is C23H30N2O2S. The first-order valence-electron chi connectivity index (χ1n) is 9.68. The highest BCUT2D eigenvalue weighted by atomic mass is 32.2. The molecule has 0 spiro atoms. The molecule has 4 nitrogen and oxygen atoms in total. The fourth-order valence-corrected chi connectivity index (χ4v) is 3.56. The van der Waals surface area contributed by atoms with Crippen molar-refractivity contribution in [1.82, 2.24) is 10.2 Å². The van der Waals surface area contributed by atoms with Crippen LogP contribution in [0.4, 0.5) is 0 Å². The van der Waals surface area contributed by atoms with Crippen LogP contribution in [0.1, 0.15) is 31.9 Å². The van der Waals surface area contributed by atoms with Crippen LogP contribution in [0.3, 0.4) is 0 Å².